The molecule has 0 fully saturated rings. The SMILES string of the molecule is COc1ccc(C)cc1NC(=O)C(=Cc1cccc([N+](=O)[O-])c1)NC(C)=O. The van der Waals surface area contributed by atoms with Crippen LogP contribution in [0.3, 0.4) is 0 Å². The predicted octanol–water partition coefficient (Wildman–Crippen LogP) is 3.03. The number of amides is 2. The van der Waals surface area contributed by atoms with Gasteiger partial charge in [0.1, 0.15) is 11.4 Å². The number of anilines is 1. The Morgan fingerprint density at radius 3 is 2.56 bits per heavy atom. The van der Waals surface area contributed by atoms with Gasteiger partial charge in [-0.25, -0.2) is 0 Å². The molecule has 8 nitrogen and oxygen atoms in total. The Kier molecular flexibility index (Phi) is 6.27. The van der Waals surface area contributed by atoms with E-state index in [0.29, 0.717) is 17.0 Å². The lowest BCUT2D eigenvalue weighted by molar-refractivity contribution is -0.384. The lowest BCUT2D eigenvalue weighted by Crippen LogP contribution is -2.29. The first-order valence-electron chi connectivity index (χ1n) is 8.00. The smallest absolute Gasteiger partial charge is 0.272 e. The molecule has 0 aliphatic rings. The molecule has 0 atom stereocenters. The van der Waals surface area contributed by atoms with Gasteiger partial charge in [-0.3, -0.25) is 19.7 Å². The molecule has 0 saturated carbocycles. The number of hydrogen-bond donors (Lipinski definition) is 2. The van der Waals surface area contributed by atoms with Crippen molar-refractivity contribution in [2.45, 2.75) is 13.8 Å². The highest BCUT2D eigenvalue weighted by molar-refractivity contribution is 6.09. The van der Waals surface area contributed by atoms with E-state index in [1.165, 1.54) is 38.3 Å². The Labute approximate surface area is 156 Å². The number of non-ortho nitro benzene ring substituents is 1. The van der Waals surface area contributed by atoms with E-state index in [0.717, 1.165) is 5.56 Å². The average molecular weight is 369 g/mol. The van der Waals surface area contributed by atoms with E-state index in [1.807, 2.05) is 13.0 Å². The number of nitrogens with one attached hydrogen (secondary N) is 2. The van der Waals surface area contributed by atoms with Crippen molar-refractivity contribution in [3.63, 3.8) is 0 Å². The second-order valence-corrected chi connectivity index (χ2v) is 5.75. The van der Waals surface area contributed by atoms with Gasteiger partial charge in [-0.1, -0.05) is 18.2 Å². The molecule has 2 N–H and O–H groups in total. The maximum absolute atomic E-state index is 12.7. The second-order valence-electron chi connectivity index (χ2n) is 5.75. The van der Waals surface area contributed by atoms with Gasteiger partial charge in [0.15, 0.2) is 0 Å². The Morgan fingerprint density at radius 1 is 1.19 bits per heavy atom. The number of nitrogens with zero attached hydrogens (tertiary/aromatic N) is 1. The van der Waals surface area contributed by atoms with Crippen LogP contribution in [0.25, 0.3) is 6.08 Å². The van der Waals surface area contributed by atoms with Crippen LogP contribution in [0.1, 0.15) is 18.1 Å². The molecule has 0 spiro atoms. The molecule has 140 valence electrons. The minimum atomic E-state index is -0.583. The van der Waals surface area contributed by atoms with Crippen LogP contribution in [0.2, 0.25) is 0 Å². The minimum Gasteiger partial charge on any atom is -0.495 e. The maximum atomic E-state index is 12.7. The van der Waals surface area contributed by atoms with Crippen LogP contribution in [-0.2, 0) is 9.59 Å². The Balaban J connectivity index is 2.37. The van der Waals surface area contributed by atoms with Gasteiger partial charge in [0.25, 0.3) is 11.6 Å². The van der Waals surface area contributed by atoms with E-state index in [-0.39, 0.29) is 11.4 Å². The molecule has 0 aliphatic heterocycles. The van der Waals surface area contributed by atoms with Crippen molar-refractivity contribution >= 4 is 29.3 Å². The van der Waals surface area contributed by atoms with Gasteiger partial charge < -0.3 is 15.4 Å². The fraction of sp³-hybridized carbons (Fsp3) is 0.158. The number of benzene rings is 2. The molecule has 2 aromatic rings. The van der Waals surface area contributed by atoms with E-state index < -0.39 is 16.7 Å². The highest BCUT2D eigenvalue weighted by atomic mass is 16.6. The van der Waals surface area contributed by atoms with Crippen LogP contribution in [0.4, 0.5) is 11.4 Å². The fourth-order valence-electron chi connectivity index (χ4n) is 2.35. The summed E-state index contributed by atoms with van der Waals surface area (Å²) in [5.41, 5.74) is 1.59. The Bertz CT molecular complexity index is 921. The molecular weight excluding hydrogens is 350 g/mol. The van der Waals surface area contributed by atoms with Crippen LogP contribution in [0.15, 0.2) is 48.2 Å². The predicted molar refractivity (Wildman–Crippen MR) is 101 cm³/mol. The van der Waals surface area contributed by atoms with E-state index in [2.05, 4.69) is 10.6 Å². The van der Waals surface area contributed by atoms with Gasteiger partial charge in [-0.2, -0.15) is 0 Å². The zero-order valence-electron chi connectivity index (χ0n) is 15.1. The average Bonchev–Trinajstić information content (AvgIpc) is 2.61. The molecule has 0 unspecified atom stereocenters. The number of rotatable bonds is 6. The van der Waals surface area contributed by atoms with Crippen molar-refractivity contribution < 1.29 is 19.2 Å². The number of methoxy groups -OCH3 is 1. The number of aryl methyl sites for hydroxylation is 1. The molecular formula is C19H19N3O5. The Morgan fingerprint density at radius 2 is 1.93 bits per heavy atom. The molecule has 0 bridgehead atoms. The first-order valence-corrected chi connectivity index (χ1v) is 8.00. The summed E-state index contributed by atoms with van der Waals surface area (Å²) in [7, 11) is 1.48. The molecule has 0 saturated heterocycles. The largest absolute Gasteiger partial charge is 0.495 e. The van der Waals surface area contributed by atoms with Gasteiger partial charge in [0.2, 0.25) is 5.91 Å². The monoisotopic (exact) mass is 369 g/mol. The van der Waals surface area contributed by atoms with Crippen molar-refractivity contribution in [2.24, 2.45) is 0 Å². The molecule has 0 aliphatic carbocycles. The number of hydrogen-bond acceptors (Lipinski definition) is 5. The summed E-state index contributed by atoms with van der Waals surface area (Å²) in [6.45, 7) is 3.13. The number of ether oxygens (including phenoxy) is 1. The molecule has 0 aromatic heterocycles. The van der Waals surface area contributed by atoms with Gasteiger partial charge in [0, 0.05) is 19.1 Å². The molecule has 0 heterocycles. The number of nitro benzene ring substituents is 1. The summed E-state index contributed by atoms with van der Waals surface area (Å²) < 4.78 is 5.23. The van der Waals surface area contributed by atoms with E-state index in [1.54, 1.807) is 18.2 Å². The van der Waals surface area contributed by atoms with Gasteiger partial charge >= 0.3 is 0 Å². The van der Waals surface area contributed by atoms with E-state index in [4.69, 9.17) is 4.74 Å². The lowest BCUT2D eigenvalue weighted by atomic mass is 10.1. The zero-order valence-corrected chi connectivity index (χ0v) is 15.1. The molecule has 0 radical (unpaired) electrons. The minimum absolute atomic E-state index is 0.0495. The van der Waals surface area contributed by atoms with Gasteiger partial charge in [-0.05, 0) is 36.3 Å². The van der Waals surface area contributed by atoms with E-state index >= 15 is 0 Å². The van der Waals surface area contributed by atoms with Gasteiger partial charge in [-0.15, -0.1) is 0 Å². The summed E-state index contributed by atoms with van der Waals surface area (Å²) in [6.07, 6.45) is 1.37. The normalized spacial score (nSPS) is 10.9. The zero-order chi connectivity index (χ0) is 20.0. The number of carbonyl (C=O) groups is 2. The van der Waals surface area contributed by atoms with Crippen molar-refractivity contribution in [3.05, 3.63) is 69.4 Å². The third kappa shape index (κ3) is 5.40. The third-order valence-electron chi connectivity index (χ3n) is 3.55. The second kappa shape index (κ2) is 8.61. The van der Waals surface area contributed by atoms with Crippen LogP contribution < -0.4 is 15.4 Å². The number of carbonyl (C=O) groups excluding carboxylic acids is 2. The Hall–Kier alpha value is -3.68. The van der Waals surface area contributed by atoms with Gasteiger partial charge in [0.05, 0.1) is 17.7 Å². The van der Waals surface area contributed by atoms with Crippen LogP contribution in [0.5, 0.6) is 5.75 Å². The van der Waals surface area contributed by atoms with Crippen molar-refractivity contribution in [3.8, 4) is 5.75 Å². The molecule has 8 heteroatoms. The highest BCUT2D eigenvalue weighted by Gasteiger charge is 2.15. The third-order valence-corrected chi connectivity index (χ3v) is 3.55. The molecule has 2 aromatic carbocycles. The summed E-state index contributed by atoms with van der Waals surface area (Å²) in [5.74, 6) is -0.565. The lowest BCUT2D eigenvalue weighted by Gasteiger charge is -2.13. The van der Waals surface area contributed by atoms with E-state index in [9.17, 15) is 19.7 Å². The van der Waals surface area contributed by atoms with Crippen molar-refractivity contribution in [1.82, 2.24) is 5.32 Å². The fourth-order valence-corrected chi connectivity index (χ4v) is 2.35. The van der Waals surface area contributed by atoms with Crippen molar-refractivity contribution in [1.29, 1.82) is 0 Å². The van der Waals surface area contributed by atoms with Crippen LogP contribution >= 0.6 is 0 Å². The summed E-state index contributed by atoms with van der Waals surface area (Å²) >= 11 is 0. The molecule has 2 amide bonds. The standard InChI is InChI=1S/C19H19N3O5/c1-12-7-8-18(27-3)16(9-12)21-19(24)17(20-13(2)23)11-14-5-4-6-15(10-14)22(25)26/h4-11H,1-3H3,(H,20,23)(H,21,24). The number of nitro groups is 1. The summed E-state index contributed by atoms with van der Waals surface area (Å²) in [4.78, 5) is 34.5. The molecule has 27 heavy (non-hydrogen) atoms. The van der Waals surface area contributed by atoms with Crippen LogP contribution in [-0.4, -0.2) is 23.8 Å². The van der Waals surface area contributed by atoms with Crippen molar-refractivity contribution in [2.75, 3.05) is 12.4 Å². The highest BCUT2D eigenvalue weighted by Crippen LogP contribution is 2.25. The summed E-state index contributed by atoms with van der Waals surface area (Å²) in [5, 5.41) is 16.0. The maximum Gasteiger partial charge on any atom is 0.272 e. The first kappa shape index (κ1) is 19.6. The molecule has 2 rings (SSSR count). The first-order chi connectivity index (χ1) is 12.8. The van der Waals surface area contributed by atoms with Crippen LogP contribution in [0, 0.1) is 17.0 Å². The topological polar surface area (TPSA) is 111 Å². The quantitative estimate of drug-likeness (QED) is 0.462. The summed E-state index contributed by atoms with van der Waals surface area (Å²) in [6, 6.07) is 11.0.